The van der Waals surface area contributed by atoms with Crippen molar-refractivity contribution in [2.24, 2.45) is 4.99 Å². The van der Waals surface area contributed by atoms with E-state index in [1.807, 2.05) is 20.8 Å². The van der Waals surface area contributed by atoms with E-state index in [1.165, 1.54) is 0 Å². The SMILES string of the molecule is CC(C)(C)OC(=O)N1CCC2=NC(Cl)CC=C2C1. The third kappa shape index (κ3) is 3.25. The highest BCUT2D eigenvalue weighted by molar-refractivity contribution is 6.22. The molecule has 2 heterocycles. The Morgan fingerprint density at radius 3 is 2.94 bits per heavy atom. The van der Waals surface area contributed by atoms with Crippen LogP contribution in [0.3, 0.4) is 0 Å². The van der Waals surface area contributed by atoms with Crippen LogP contribution in [0.5, 0.6) is 0 Å². The Hall–Kier alpha value is -1.03. The van der Waals surface area contributed by atoms with E-state index in [4.69, 9.17) is 16.3 Å². The fraction of sp³-hybridized carbons (Fsp3) is 0.692. The van der Waals surface area contributed by atoms with E-state index in [1.54, 1.807) is 4.90 Å². The maximum atomic E-state index is 12.0. The Labute approximate surface area is 113 Å². The summed E-state index contributed by atoms with van der Waals surface area (Å²) in [5, 5.41) is 0. The number of amides is 1. The van der Waals surface area contributed by atoms with Crippen LogP contribution in [-0.4, -0.2) is 40.9 Å². The van der Waals surface area contributed by atoms with Crippen molar-refractivity contribution in [3.05, 3.63) is 11.6 Å². The summed E-state index contributed by atoms with van der Waals surface area (Å²) in [5.74, 6) is 0. The molecule has 1 fully saturated rings. The average molecular weight is 271 g/mol. The number of fused-ring (bicyclic) bond motifs is 1. The molecule has 0 saturated carbocycles. The lowest BCUT2D eigenvalue weighted by molar-refractivity contribution is 0.0267. The van der Waals surface area contributed by atoms with Crippen molar-refractivity contribution >= 4 is 23.4 Å². The number of halogens is 1. The summed E-state index contributed by atoms with van der Waals surface area (Å²) in [6.45, 7) is 6.85. The van der Waals surface area contributed by atoms with Crippen LogP contribution >= 0.6 is 11.6 Å². The highest BCUT2D eigenvalue weighted by Gasteiger charge is 2.29. The molecule has 0 aromatic carbocycles. The van der Waals surface area contributed by atoms with Gasteiger partial charge in [0.25, 0.3) is 0 Å². The van der Waals surface area contributed by atoms with Crippen LogP contribution in [0.15, 0.2) is 16.6 Å². The Morgan fingerprint density at radius 2 is 2.28 bits per heavy atom. The molecule has 2 aliphatic heterocycles. The van der Waals surface area contributed by atoms with E-state index >= 15 is 0 Å². The van der Waals surface area contributed by atoms with E-state index < -0.39 is 5.60 Å². The van der Waals surface area contributed by atoms with Gasteiger partial charge in [0, 0.05) is 25.1 Å². The minimum absolute atomic E-state index is 0.142. The molecule has 0 bridgehead atoms. The molecule has 2 rings (SSSR count). The zero-order valence-corrected chi connectivity index (χ0v) is 11.8. The van der Waals surface area contributed by atoms with E-state index in [-0.39, 0.29) is 11.6 Å². The van der Waals surface area contributed by atoms with Crippen LogP contribution in [0.1, 0.15) is 33.6 Å². The topological polar surface area (TPSA) is 41.9 Å². The summed E-state index contributed by atoms with van der Waals surface area (Å²) in [7, 11) is 0. The van der Waals surface area contributed by atoms with Crippen LogP contribution in [0.25, 0.3) is 0 Å². The molecular weight excluding hydrogens is 252 g/mol. The molecule has 1 saturated heterocycles. The van der Waals surface area contributed by atoms with Gasteiger partial charge in [-0.05, 0) is 26.3 Å². The zero-order chi connectivity index (χ0) is 13.3. The molecule has 5 heteroatoms. The highest BCUT2D eigenvalue weighted by Crippen LogP contribution is 2.23. The van der Waals surface area contributed by atoms with Crippen LogP contribution in [0.4, 0.5) is 4.79 Å². The van der Waals surface area contributed by atoms with E-state index in [0.29, 0.717) is 13.1 Å². The molecule has 0 N–H and O–H groups in total. The van der Waals surface area contributed by atoms with Gasteiger partial charge in [-0.25, -0.2) is 4.79 Å². The summed E-state index contributed by atoms with van der Waals surface area (Å²) >= 11 is 5.99. The normalized spacial score (nSPS) is 24.0. The summed E-state index contributed by atoms with van der Waals surface area (Å²) < 4.78 is 5.37. The molecule has 1 amide bonds. The molecule has 1 atom stereocenters. The minimum atomic E-state index is -0.451. The standard InChI is InChI=1S/C13H19ClN2O2/c1-13(2,3)18-12(17)16-7-6-10-9(8-16)4-5-11(14)15-10/h4,11H,5-8H2,1-3H3. The van der Waals surface area contributed by atoms with Crippen molar-refractivity contribution < 1.29 is 9.53 Å². The predicted molar refractivity (Wildman–Crippen MR) is 72.2 cm³/mol. The van der Waals surface area contributed by atoms with Gasteiger partial charge < -0.3 is 9.64 Å². The maximum absolute atomic E-state index is 12.0. The molecule has 100 valence electrons. The molecular formula is C13H19ClN2O2. The number of dihydropyridines is 1. The summed E-state index contributed by atoms with van der Waals surface area (Å²) in [5.41, 5.74) is 1.56. The number of hydrogen-bond acceptors (Lipinski definition) is 3. The number of nitrogens with zero attached hydrogens (tertiary/aromatic N) is 2. The Kier molecular flexibility index (Phi) is 3.66. The van der Waals surface area contributed by atoms with E-state index in [9.17, 15) is 4.79 Å². The van der Waals surface area contributed by atoms with Gasteiger partial charge in [0.1, 0.15) is 11.1 Å². The summed E-state index contributed by atoms with van der Waals surface area (Å²) in [6, 6.07) is 0. The quantitative estimate of drug-likeness (QED) is 0.502. The first kappa shape index (κ1) is 13.4. The fourth-order valence-electron chi connectivity index (χ4n) is 2.05. The van der Waals surface area contributed by atoms with E-state index in [0.717, 1.165) is 24.1 Å². The lowest BCUT2D eigenvalue weighted by atomic mass is 9.99. The molecule has 0 aliphatic carbocycles. The number of rotatable bonds is 0. The molecule has 0 aromatic heterocycles. The number of ether oxygens (including phenoxy) is 1. The second kappa shape index (κ2) is 4.92. The molecule has 0 spiro atoms. The number of alkyl halides is 1. The number of carbonyl (C=O) groups excluding carboxylic acids is 1. The molecule has 4 nitrogen and oxygen atoms in total. The van der Waals surface area contributed by atoms with Crippen LogP contribution in [-0.2, 0) is 4.74 Å². The third-order valence-electron chi connectivity index (χ3n) is 2.86. The van der Waals surface area contributed by atoms with Crippen molar-refractivity contribution in [2.75, 3.05) is 13.1 Å². The van der Waals surface area contributed by atoms with Crippen molar-refractivity contribution in [1.29, 1.82) is 0 Å². The molecule has 2 aliphatic rings. The highest BCUT2D eigenvalue weighted by atomic mass is 35.5. The Bertz CT molecular complexity index is 410. The van der Waals surface area contributed by atoms with Crippen LogP contribution in [0, 0.1) is 0 Å². The van der Waals surface area contributed by atoms with Crippen molar-refractivity contribution in [1.82, 2.24) is 4.90 Å². The van der Waals surface area contributed by atoms with Crippen molar-refractivity contribution in [3.63, 3.8) is 0 Å². The largest absolute Gasteiger partial charge is 0.444 e. The second-order valence-corrected chi connectivity index (χ2v) is 6.13. The average Bonchev–Trinajstić information content (AvgIpc) is 2.26. The van der Waals surface area contributed by atoms with Crippen LogP contribution in [0.2, 0.25) is 0 Å². The smallest absolute Gasteiger partial charge is 0.410 e. The second-order valence-electron chi connectivity index (χ2n) is 5.63. The van der Waals surface area contributed by atoms with Gasteiger partial charge in [-0.15, -0.1) is 0 Å². The molecule has 0 radical (unpaired) electrons. The first-order chi connectivity index (χ1) is 8.35. The number of piperidine rings is 1. The molecule has 0 aromatic rings. The predicted octanol–water partition coefficient (Wildman–Crippen LogP) is 2.96. The zero-order valence-electron chi connectivity index (χ0n) is 11.1. The van der Waals surface area contributed by atoms with E-state index in [2.05, 4.69) is 11.1 Å². The van der Waals surface area contributed by atoms with Gasteiger partial charge in [0.05, 0.1) is 6.54 Å². The third-order valence-corrected chi connectivity index (χ3v) is 3.13. The minimum Gasteiger partial charge on any atom is -0.444 e. The van der Waals surface area contributed by atoms with Gasteiger partial charge in [-0.1, -0.05) is 17.7 Å². The Balaban J connectivity index is 2.00. The van der Waals surface area contributed by atoms with Crippen molar-refractivity contribution in [3.8, 4) is 0 Å². The number of likely N-dealkylation sites (tertiary alicyclic amines) is 1. The van der Waals surface area contributed by atoms with Crippen LogP contribution < -0.4 is 0 Å². The Morgan fingerprint density at radius 1 is 1.56 bits per heavy atom. The fourth-order valence-corrected chi connectivity index (χ4v) is 2.26. The summed E-state index contributed by atoms with van der Waals surface area (Å²) in [4.78, 5) is 18.1. The number of carbonyl (C=O) groups is 1. The first-order valence-electron chi connectivity index (χ1n) is 6.23. The van der Waals surface area contributed by atoms with Gasteiger partial charge in [-0.3, -0.25) is 4.99 Å². The van der Waals surface area contributed by atoms with Gasteiger partial charge in [0.15, 0.2) is 0 Å². The molecule has 1 unspecified atom stereocenters. The van der Waals surface area contributed by atoms with Gasteiger partial charge >= 0.3 is 6.09 Å². The maximum Gasteiger partial charge on any atom is 0.410 e. The monoisotopic (exact) mass is 270 g/mol. The lowest BCUT2D eigenvalue weighted by Gasteiger charge is -2.33. The van der Waals surface area contributed by atoms with Crippen molar-refractivity contribution in [2.45, 2.75) is 44.7 Å². The number of hydrogen-bond donors (Lipinski definition) is 0. The molecule has 18 heavy (non-hydrogen) atoms. The lowest BCUT2D eigenvalue weighted by Crippen LogP contribution is -2.43. The summed E-state index contributed by atoms with van der Waals surface area (Å²) in [6.07, 6.45) is 3.32. The van der Waals surface area contributed by atoms with Gasteiger partial charge in [0.2, 0.25) is 0 Å². The number of aliphatic imine (C=N–C) groups is 1. The first-order valence-corrected chi connectivity index (χ1v) is 6.67. The van der Waals surface area contributed by atoms with Gasteiger partial charge in [-0.2, -0.15) is 0 Å².